The lowest BCUT2D eigenvalue weighted by molar-refractivity contribution is -0.139. The van der Waals surface area contributed by atoms with Crippen molar-refractivity contribution in [1.82, 2.24) is 15.8 Å². The van der Waals surface area contributed by atoms with Gasteiger partial charge in [0, 0.05) is 18.0 Å². The zero-order chi connectivity index (χ0) is 12.7. The van der Waals surface area contributed by atoms with E-state index in [-0.39, 0.29) is 12.3 Å². The maximum absolute atomic E-state index is 11.5. The molecule has 90 valence electrons. The molecule has 1 aromatic heterocycles. The molecule has 0 aromatic carbocycles. The number of rotatable bonds is 5. The number of aromatic nitrogens is 1. The Morgan fingerprint density at radius 3 is 2.59 bits per heavy atom. The van der Waals surface area contributed by atoms with Crippen molar-refractivity contribution in [1.29, 1.82) is 0 Å². The highest BCUT2D eigenvalue weighted by atomic mass is 16.5. The van der Waals surface area contributed by atoms with Crippen LogP contribution in [0.4, 0.5) is 0 Å². The van der Waals surface area contributed by atoms with Crippen molar-refractivity contribution in [3.8, 4) is 0 Å². The number of carbonyl (C=O) groups is 2. The summed E-state index contributed by atoms with van der Waals surface area (Å²) >= 11 is 0. The third-order valence-electron chi connectivity index (χ3n) is 1.79. The molecule has 0 bridgehead atoms. The first-order chi connectivity index (χ1) is 8.15. The molecular weight excluding hydrogens is 222 g/mol. The molecule has 0 spiro atoms. The lowest BCUT2D eigenvalue weighted by atomic mass is 10.3. The number of carbonyl (C=O) groups excluding carboxylic acids is 2. The van der Waals surface area contributed by atoms with Gasteiger partial charge < -0.3 is 4.74 Å². The molecule has 2 N–H and O–H groups in total. The maximum Gasteiger partial charge on any atom is 0.355 e. The van der Waals surface area contributed by atoms with E-state index >= 15 is 0 Å². The van der Waals surface area contributed by atoms with Crippen molar-refractivity contribution in [3.63, 3.8) is 0 Å². The molecule has 6 nitrogen and oxygen atoms in total. The van der Waals surface area contributed by atoms with Gasteiger partial charge in [-0.1, -0.05) is 6.58 Å². The summed E-state index contributed by atoms with van der Waals surface area (Å²) in [5, 5.41) is 0. The Hall–Kier alpha value is -2.37. The first kappa shape index (κ1) is 12.7. The van der Waals surface area contributed by atoms with E-state index in [0.29, 0.717) is 5.56 Å². The highest BCUT2D eigenvalue weighted by Gasteiger charge is 2.09. The van der Waals surface area contributed by atoms with Crippen molar-refractivity contribution >= 4 is 11.9 Å². The quantitative estimate of drug-likeness (QED) is 0.438. The molecule has 17 heavy (non-hydrogen) atoms. The van der Waals surface area contributed by atoms with Crippen molar-refractivity contribution < 1.29 is 14.3 Å². The second-order valence-corrected chi connectivity index (χ2v) is 3.01. The standard InChI is InChI=1S/C11H13N3O3/c1-3-17-11(16)8(2)13-14-10(15)9-4-6-12-7-5-9/h4-7,13H,2-3H2,1H3,(H,14,15). The number of nitrogens with zero attached hydrogens (tertiary/aromatic N) is 1. The van der Waals surface area contributed by atoms with Gasteiger partial charge in [0.05, 0.1) is 6.61 Å². The van der Waals surface area contributed by atoms with Crippen LogP contribution in [0.25, 0.3) is 0 Å². The first-order valence-corrected chi connectivity index (χ1v) is 4.97. The summed E-state index contributed by atoms with van der Waals surface area (Å²) in [7, 11) is 0. The molecule has 0 aliphatic rings. The Balaban J connectivity index is 2.44. The average Bonchev–Trinajstić information content (AvgIpc) is 2.36. The first-order valence-electron chi connectivity index (χ1n) is 4.97. The van der Waals surface area contributed by atoms with Crippen LogP contribution in [-0.2, 0) is 9.53 Å². The average molecular weight is 235 g/mol. The van der Waals surface area contributed by atoms with E-state index in [4.69, 9.17) is 0 Å². The maximum atomic E-state index is 11.5. The van der Waals surface area contributed by atoms with Gasteiger partial charge in [-0.15, -0.1) is 0 Å². The molecule has 0 radical (unpaired) electrons. The largest absolute Gasteiger partial charge is 0.461 e. The minimum Gasteiger partial charge on any atom is -0.461 e. The van der Waals surface area contributed by atoms with Gasteiger partial charge in [-0.05, 0) is 19.1 Å². The van der Waals surface area contributed by atoms with Crippen molar-refractivity contribution in [3.05, 3.63) is 42.4 Å². The van der Waals surface area contributed by atoms with Crippen molar-refractivity contribution in [2.75, 3.05) is 6.61 Å². The number of amides is 1. The van der Waals surface area contributed by atoms with E-state index in [9.17, 15) is 9.59 Å². The van der Waals surface area contributed by atoms with Gasteiger partial charge in [0.25, 0.3) is 5.91 Å². The van der Waals surface area contributed by atoms with Crippen LogP contribution < -0.4 is 10.9 Å². The number of hydrogen-bond donors (Lipinski definition) is 2. The fraction of sp³-hybridized carbons (Fsp3) is 0.182. The Bertz CT molecular complexity index is 417. The van der Waals surface area contributed by atoms with Gasteiger partial charge in [0.15, 0.2) is 0 Å². The van der Waals surface area contributed by atoms with E-state index in [1.165, 1.54) is 12.4 Å². The summed E-state index contributed by atoms with van der Waals surface area (Å²) in [6.45, 7) is 5.36. The van der Waals surface area contributed by atoms with Gasteiger partial charge in [0.1, 0.15) is 5.70 Å². The number of esters is 1. The fourth-order valence-electron chi connectivity index (χ4n) is 0.977. The molecule has 6 heteroatoms. The second-order valence-electron chi connectivity index (χ2n) is 3.01. The molecule has 1 heterocycles. The molecule has 1 aromatic rings. The molecule has 0 fully saturated rings. The molecule has 1 amide bonds. The van der Waals surface area contributed by atoms with Crippen molar-refractivity contribution in [2.24, 2.45) is 0 Å². The summed E-state index contributed by atoms with van der Waals surface area (Å²) in [6, 6.07) is 3.09. The van der Waals surface area contributed by atoms with Gasteiger partial charge in [-0.3, -0.25) is 20.6 Å². The third kappa shape index (κ3) is 3.94. The Labute approximate surface area is 98.7 Å². The van der Waals surface area contributed by atoms with Gasteiger partial charge in [0.2, 0.25) is 0 Å². The molecular formula is C11H13N3O3. The summed E-state index contributed by atoms with van der Waals surface area (Å²) < 4.78 is 4.68. The normalized spacial score (nSPS) is 9.24. The van der Waals surface area contributed by atoms with E-state index in [1.54, 1.807) is 19.1 Å². The third-order valence-corrected chi connectivity index (χ3v) is 1.79. The monoisotopic (exact) mass is 235 g/mol. The molecule has 0 atom stereocenters. The molecule has 0 aliphatic carbocycles. The van der Waals surface area contributed by atoms with Crippen LogP contribution in [-0.4, -0.2) is 23.5 Å². The van der Waals surface area contributed by atoms with Gasteiger partial charge in [-0.25, -0.2) is 4.79 Å². The molecule has 0 unspecified atom stereocenters. The summed E-state index contributed by atoms with van der Waals surface area (Å²) in [6.07, 6.45) is 2.99. The molecule has 0 aliphatic heterocycles. The smallest absolute Gasteiger partial charge is 0.355 e. The second kappa shape index (κ2) is 6.26. The van der Waals surface area contributed by atoms with E-state index in [1.807, 2.05) is 0 Å². The van der Waals surface area contributed by atoms with E-state index in [0.717, 1.165) is 0 Å². The highest BCUT2D eigenvalue weighted by molar-refractivity contribution is 5.94. The van der Waals surface area contributed by atoms with E-state index in [2.05, 4.69) is 27.2 Å². The highest BCUT2D eigenvalue weighted by Crippen LogP contribution is 1.95. The van der Waals surface area contributed by atoms with Gasteiger partial charge >= 0.3 is 5.97 Å². The fourth-order valence-corrected chi connectivity index (χ4v) is 0.977. The number of pyridine rings is 1. The topological polar surface area (TPSA) is 80.3 Å². The summed E-state index contributed by atoms with van der Waals surface area (Å²) in [4.78, 5) is 26.5. The Morgan fingerprint density at radius 2 is 2.00 bits per heavy atom. The SMILES string of the molecule is C=C(NNC(=O)c1ccncc1)C(=O)OCC. The van der Waals surface area contributed by atoms with Crippen LogP contribution in [0.15, 0.2) is 36.8 Å². The zero-order valence-corrected chi connectivity index (χ0v) is 9.40. The molecule has 0 saturated heterocycles. The van der Waals surface area contributed by atoms with E-state index < -0.39 is 11.9 Å². The van der Waals surface area contributed by atoms with Crippen molar-refractivity contribution in [2.45, 2.75) is 6.92 Å². The lowest BCUT2D eigenvalue weighted by Gasteiger charge is -2.09. The molecule has 1 rings (SSSR count). The number of hydrogen-bond acceptors (Lipinski definition) is 5. The van der Waals surface area contributed by atoms with Crippen LogP contribution in [0.3, 0.4) is 0 Å². The number of ether oxygens (including phenoxy) is 1. The Kier molecular flexibility index (Phi) is 4.68. The van der Waals surface area contributed by atoms with Crippen LogP contribution >= 0.6 is 0 Å². The van der Waals surface area contributed by atoms with Gasteiger partial charge in [-0.2, -0.15) is 0 Å². The molecule has 0 saturated carbocycles. The summed E-state index contributed by atoms with van der Waals surface area (Å²) in [5.74, 6) is -1.000. The van der Waals surface area contributed by atoms with Crippen LogP contribution in [0.2, 0.25) is 0 Å². The summed E-state index contributed by atoms with van der Waals surface area (Å²) in [5.41, 5.74) is 5.08. The lowest BCUT2D eigenvalue weighted by Crippen LogP contribution is -2.39. The number of nitrogens with one attached hydrogen (secondary N) is 2. The van der Waals surface area contributed by atoms with Crippen LogP contribution in [0.1, 0.15) is 17.3 Å². The Morgan fingerprint density at radius 1 is 1.35 bits per heavy atom. The predicted octanol–water partition coefficient (Wildman–Crippen LogP) is 0.393. The predicted molar refractivity (Wildman–Crippen MR) is 60.6 cm³/mol. The zero-order valence-electron chi connectivity index (χ0n) is 9.40. The minimum absolute atomic E-state index is 0.0331. The van der Waals surface area contributed by atoms with Crippen LogP contribution in [0.5, 0.6) is 0 Å². The number of hydrazine groups is 1. The van der Waals surface area contributed by atoms with Crippen LogP contribution in [0, 0.1) is 0 Å². The minimum atomic E-state index is -0.609.